The maximum Gasteiger partial charge on any atom is 0.237 e. The van der Waals surface area contributed by atoms with Crippen molar-refractivity contribution in [2.45, 2.75) is 32.9 Å². The third kappa shape index (κ3) is 4.37. The number of hydrogen-bond donors (Lipinski definition) is 2. The molecule has 1 unspecified atom stereocenters. The van der Waals surface area contributed by atoms with E-state index < -0.39 is 6.04 Å². The van der Waals surface area contributed by atoms with Crippen LogP contribution in [0.5, 0.6) is 5.75 Å². The van der Waals surface area contributed by atoms with Gasteiger partial charge in [-0.1, -0.05) is 32.0 Å². The Morgan fingerprint density at radius 1 is 1.39 bits per heavy atom. The number of amides is 1. The Morgan fingerprint density at radius 2 is 2.06 bits per heavy atom. The lowest BCUT2D eigenvalue weighted by Crippen LogP contribution is -2.41. The van der Waals surface area contributed by atoms with Gasteiger partial charge in [0, 0.05) is 12.1 Å². The molecule has 0 heterocycles. The molecule has 18 heavy (non-hydrogen) atoms. The summed E-state index contributed by atoms with van der Waals surface area (Å²) in [7, 11) is 1.62. The average molecular weight is 250 g/mol. The van der Waals surface area contributed by atoms with Crippen LogP contribution in [0.1, 0.15) is 25.8 Å². The van der Waals surface area contributed by atoms with Crippen LogP contribution in [0.15, 0.2) is 24.3 Å². The van der Waals surface area contributed by atoms with E-state index in [1.165, 1.54) is 0 Å². The van der Waals surface area contributed by atoms with Gasteiger partial charge in [0.2, 0.25) is 5.91 Å². The van der Waals surface area contributed by atoms with Crippen molar-refractivity contribution in [2.24, 2.45) is 11.7 Å². The molecule has 0 saturated carbocycles. The monoisotopic (exact) mass is 250 g/mol. The van der Waals surface area contributed by atoms with Crippen molar-refractivity contribution < 1.29 is 9.53 Å². The summed E-state index contributed by atoms with van der Waals surface area (Å²) in [4.78, 5) is 11.8. The predicted molar refractivity (Wildman–Crippen MR) is 72.3 cm³/mol. The van der Waals surface area contributed by atoms with E-state index in [2.05, 4.69) is 5.32 Å². The normalized spacial score (nSPS) is 12.3. The molecule has 0 aromatic heterocycles. The van der Waals surface area contributed by atoms with Crippen molar-refractivity contribution in [3.05, 3.63) is 29.8 Å². The molecule has 1 atom stereocenters. The summed E-state index contributed by atoms with van der Waals surface area (Å²) < 4.78 is 5.22. The molecular formula is C14H22N2O2. The summed E-state index contributed by atoms with van der Waals surface area (Å²) in [6.45, 7) is 4.54. The van der Waals surface area contributed by atoms with Crippen molar-refractivity contribution in [1.82, 2.24) is 5.32 Å². The molecule has 4 nitrogen and oxygen atoms in total. The Kier molecular flexibility index (Phi) is 5.65. The summed E-state index contributed by atoms with van der Waals surface area (Å²) in [6, 6.07) is 7.16. The number of carbonyl (C=O) groups excluding carboxylic acids is 1. The van der Waals surface area contributed by atoms with Gasteiger partial charge in [-0.25, -0.2) is 0 Å². The Morgan fingerprint density at radius 3 is 2.67 bits per heavy atom. The highest BCUT2D eigenvalue weighted by molar-refractivity contribution is 5.81. The Balaban J connectivity index is 2.52. The highest BCUT2D eigenvalue weighted by Crippen LogP contribution is 2.16. The maximum atomic E-state index is 11.8. The number of rotatable bonds is 6. The van der Waals surface area contributed by atoms with E-state index in [0.717, 1.165) is 11.3 Å². The van der Waals surface area contributed by atoms with Crippen LogP contribution < -0.4 is 15.8 Å². The number of nitrogens with one attached hydrogen (secondary N) is 1. The van der Waals surface area contributed by atoms with Crippen LogP contribution in [0.4, 0.5) is 0 Å². The summed E-state index contributed by atoms with van der Waals surface area (Å²) in [5, 5.41) is 2.83. The quantitative estimate of drug-likeness (QED) is 0.807. The van der Waals surface area contributed by atoms with Gasteiger partial charge in [-0.15, -0.1) is 0 Å². The topological polar surface area (TPSA) is 64.3 Å². The predicted octanol–water partition coefficient (Wildman–Crippen LogP) is 1.68. The first kappa shape index (κ1) is 14.5. The van der Waals surface area contributed by atoms with E-state index in [-0.39, 0.29) is 5.91 Å². The number of nitrogens with two attached hydrogens (primary N) is 1. The fourth-order valence-electron chi connectivity index (χ4n) is 1.78. The Hall–Kier alpha value is -1.55. The first-order chi connectivity index (χ1) is 8.54. The third-order valence-electron chi connectivity index (χ3n) is 2.71. The van der Waals surface area contributed by atoms with Gasteiger partial charge in [0.25, 0.3) is 0 Å². The van der Waals surface area contributed by atoms with Gasteiger partial charge in [-0.2, -0.15) is 0 Å². The van der Waals surface area contributed by atoms with E-state index in [1.807, 2.05) is 38.1 Å². The lowest BCUT2D eigenvalue weighted by molar-refractivity contribution is -0.122. The summed E-state index contributed by atoms with van der Waals surface area (Å²) in [6.07, 6.45) is 0.692. The van der Waals surface area contributed by atoms with Gasteiger partial charge in [0.05, 0.1) is 13.2 Å². The number of methoxy groups -OCH3 is 1. The molecule has 0 radical (unpaired) electrons. The molecule has 1 aromatic rings. The zero-order valence-electron chi connectivity index (χ0n) is 11.3. The Bertz CT molecular complexity index is 391. The third-order valence-corrected chi connectivity index (χ3v) is 2.71. The molecule has 0 aliphatic rings. The fourth-order valence-corrected chi connectivity index (χ4v) is 1.78. The first-order valence-corrected chi connectivity index (χ1v) is 6.19. The van der Waals surface area contributed by atoms with Crippen LogP contribution in [-0.2, 0) is 11.3 Å². The number of benzene rings is 1. The highest BCUT2D eigenvalue weighted by atomic mass is 16.5. The van der Waals surface area contributed by atoms with E-state index in [9.17, 15) is 4.79 Å². The van der Waals surface area contributed by atoms with Gasteiger partial charge < -0.3 is 15.8 Å². The molecular weight excluding hydrogens is 228 g/mol. The Labute approximate surface area is 109 Å². The summed E-state index contributed by atoms with van der Waals surface area (Å²) in [5.41, 5.74) is 6.76. The summed E-state index contributed by atoms with van der Waals surface area (Å²) in [5.74, 6) is 1.07. The van der Waals surface area contributed by atoms with Crippen LogP contribution in [-0.4, -0.2) is 19.1 Å². The minimum Gasteiger partial charge on any atom is -0.496 e. The molecule has 0 spiro atoms. The number of hydrogen-bond acceptors (Lipinski definition) is 3. The van der Waals surface area contributed by atoms with Gasteiger partial charge in [0.15, 0.2) is 0 Å². The minimum atomic E-state index is -0.445. The van der Waals surface area contributed by atoms with Crippen LogP contribution in [0.25, 0.3) is 0 Å². The molecule has 0 fully saturated rings. The van der Waals surface area contributed by atoms with Crippen LogP contribution in [0.2, 0.25) is 0 Å². The molecule has 1 amide bonds. The molecule has 4 heteroatoms. The van der Waals surface area contributed by atoms with Crippen molar-refractivity contribution in [1.29, 1.82) is 0 Å². The second-order valence-electron chi connectivity index (χ2n) is 4.77. The van der Waals surface area contributed by atoms with Gasteiger partial charge >= 0.3 is 0 Å². The second-order valence-corrected chi connectivity index (χ2v) is 4.77. The lowest BCUT2D eigenvalue weighted by atomic mass is 10.0. The molecule has 0 aliphatic heterocycles. The largest absolute Gasteiger partial charge is 0.496 e. The molecule has 0 saturated heterocycles. The first-order valence-electron chi connectivity index (χ1n) is 6.19. The molecule has 0 aliphatic carbocycles. The standard InChI is InChI=1S/C14H22N2O2/c1-10(2)8-12(15)14(17)16-9-11-6-4-5-7-13(11)18-3/h4-7,10,12H,8-9,15H2,1-3H3,(H,16,17). The van der Waals surface area contributed by atoms with E-state index in [1.54, 1.807) is 7.11 Å². The minimum absolute atomic E-state index is 0.116. The zero-order valence-corrected chi connectivity index (χ0v) is 11.3. The van der Waals surface area contributed by atoms with Crippen LogP contribution in [0.3, 0.4) is 0 Å². The van der Waals surface area contributed by atoms with Gasteiger partial charge in [-0.3, -0.25) is 4.79 Å². The van der Waals surface area contributed by atoms with Gasteiger partial charge in [-0.05, 0) is 18.4 Å². The highest BCUT2D eigenvalue weighted by Gasteiger charge is 2.14. The van der Waals surface area contributed by atoms with Crippen LogP contribution in [0, 0.1) is 5.92 Å². The molecule has 100 valence electrons. The molecule has 1 aromatic carbocycles. The number of para-hydroxylation sites is 1. The lowest BCUT2D eigenvalue weighted by Gasteiger charge is -2.15. The SMILES string of the molecule is COc1ccccc1CNC(=O)C(N)CC(C)C. The smallest absolute Gasteiger partial charge is 0.237 e. The fraction of sp³-hybridized carbons (Fsp3) is 0.500. The molecule has 1 rings (SSSR count). The van der Waals surface area contributed by atoms with E-state index in [0.29, 0.717) is 18.9 Å². The van der Waals surface area contributed by atoms with Gasteiger partial charge in [0.1, 0.15) is 5.75 Å². The number of ether oxygens (including phenoxy) is 1. The van der Waals surface area contributed by atoms with E-state index >= 15 is 0 Å². The van der Waals surface area contributed by atoms with Crippen molar-refractivity contribution in [2.75, 3.05) is 7.11 Å². The van der Waals surface area contributed by atoms with Crippen LogP contribution >= 0.6 is 0 Å². The van der Waals surface area contributed by atoms with Crippen molar-refractivity contribution in [3.63, 3.8) is 0 Å². The number of carbonyl (C=O) groups is 1. The molecule has 3 N–H and O–H groups in total. The zero-order chi connectivity index (χ0) is 13.5. The molecule has 0 bridgehead atoms. The second kappa shape index (κ2) is 7.01. The van der Waals surface area contributed by atoms with Crippen molar-refractivity contribution >= 4 is 5.91 Å². The average Bonchev–Trinajstić information content (AvgIpc) is 2.35. The maximum absolute atomic E-state index is 11.8. The summed E-state index contributed by atoms with van der Waals surface area (Å²) >= 11 is 0. The van der Waals surface area contributed by atoms with Crippen molar-refractivity contribution in [3.8, 4) is 5.75 Å². The van der Waals surface area contributed by atoms with E-state index in [4.69, 9.17) is 10.5 Å².